The summed E-state index contributed by atoms with van der Waals surface area (Å²) in [5.41, 5.74) is 0. The third-order valence-electron chi connectivity index (χ3n) is 4.69. The third-order valence-corrected chi connectivity index (χ3v) is 4.69. The van der Waals surface area contributed by atoms with Crippen molar-refractivity contribution < 1.29 is 9.63 Å². The Balaban J connectivity index is 1.83. The van der Waals surface area contributed by atoms with Crippen molar-refractivity contribution in [3.63, 3.8) is 0 Å². The summed E-state index contributed by atoms with van der Waals surface area (Å²) in [6, 6.07) is 0.394. The van der Waals surface area contributed by atoms with Crippen LogP contribution in [0.2, 0.25) is 0 Å². The van der Waals surface area contributed by atoms with Crippen LogP contribution in [0.1, 0.15) is 57.8 Å². The molecule has 2 fully saturated rings. The third kappa shape index (κ3) is 3.23. The molecule has 0 unspecified atom stereocenters. The van der Waals surface area contributed by atoms with Gasteiger partial charge in [-0.2, -0.15) is 0 Å². The van der Waals surface area contributed by atoms with Crippen molar-refractivity contribution in [2.45, 2.75) is 69.9 Å². The number of hydrogen-bond donors (Lipinski definition) is 1. The van der Waals surface area contributed by atoms with E-state index in [1.54, 1.807) is 0 Å². The van der Waals surface area contributed by atoms with E-state index in [1.165, 1.54) is 19.3 Å². The Morgan fingerprint density at radius 3 is 2.22 bits per heavy atom. The molecule has 2 aliphatic rings. The minimum atomic E-state index is 0.194. The zero-order valence-electron chi connectivity index (χ0n) is 11.4. The highest BCUT2D eigenvalue weighted by atomic mass is 16.6. The number of amides is 1. The van der Waals surface area contributed by atoms with Gasteiger partial charge in [0.15, 0.2) is 0 Å². The van der Waals surface area contributed by atoms with Gasteiger partial charge in [0.25, 0.3) is 0 Å². The maximum Gasteiger partial charge on any atom is 0.225 e. The van der Waals surface area contributed by atoms with Crippen molar-refractivity contribution >= 4 is 5.91 Å². The van der Waals surface area contributed by atoms with Gasteiger partial charge in [-0.15, -0.1) is 0 Å². The van der Waals surface area contributed by atoms with Gasteiger partial charge in [-0.25, -0.2) is 5.90 Å². The molecule has 0 bridgehead atoms. The molecule has 0 radical (unpaired) electrons. The van der Waals surface area contributed by atoms with Gasteiger partial charge in [-0.3, -0.25) is 4.79 Å². The highest BCUT2D eigenvalue weighted by Crippen LogP contribution is 2.29. The predicted octanol–water partition coefficient (Wildman–Crippen LogP) is 2.23. The molecule has 4 heteroatoms. The Hall–Kier alpha value is -0.610. The molecular weight excluding hydrogens is 228 g/mol. The van der Waals surface area contributed by atoms with E-state index in [4.69, 9.17) is 10.7 Å². The summed E-state index contributed by atoms with van der Waals surface area (Å²) in [4.78, 5) is 19.3. The van der Waals surface area contributed by atoms with Crippen LogP contribution >= 0.6 is 0 Å². The molecule has 0 atom stereocenters. The lowest BCUT2D eigenvalue weighted by Crippen LogP contribution is -2.44. The van der Waals surface area contributed by atoms with Crippen LogP contribution in [-0.2, 0) is 9.63 Å². The molecule has 0 spiro atoms. The first kappa shape index (κ1) is 13.8. The van der Waals surface area contributed by atoms with Crippen molar-refractivity contribution in [1.82, 2.24) is 4.90 Å². The SMILES string of the molecule is CN(C(=O)C1CCCCC1)C1CCC(ON)CC1. The molecular formula is C14H26N2O2. The van der Waals surface area contributed by atoms with Crippen LogP contribution in [0.5, 0.6) is 0 Å². The quantitative estimate of drug-likeness (QED) is 0.786. The highest BCUT2D eigenvalue weighted by Gasteiger charge is 2.30. The van der Waals surface area contributed by atoms with Crippen molar-refractivity contribution in [2.75, 3.05) is 7.05 Å². The van der Waals surface area contributed by atoms with Crippen molar-refractivity contribution in [3.8, 4) is 0 Å². The fourth-order valence-corrected chi connectivity index (χ4v) is 3.39. The number of carbonyl (C=O) groups excluding carboxylic acids is 1. The van der Waals surface area contributed by atoms with Gasteiger partial charge in [0.1, 0.15) is 0 Å². The van der Waals surface area contributed by atoms with Crippen molar-refractivity contribution in [2.24, 2.45) is 11.8 Å². The number of rotatable bonds is 3. The molecule has 18 heavy (non-hydrogen) atoms. The summed E-state index contributed by atoms with van der Waals surface area (Å²) < 4.78 is 0. The first-order chi connectivity index (χ1) is 8.72. The van der Waals surface area contributed by atoms with Crippen LogP contribution in [0, 0.1) is 5.92 Å². The molecule has 2 saturated carbocycles. The van der Waals surface area contributed by atoms with Gasteiger partial charge in [0.05, 0.1) is 6.10 Å². The number of carbonyl (C=O) groups is 1. The van der Waals surface area contributed by atoms with E-state index in [0.717, 1.165) is 38.5 Å². The Kier molecular flexibility index (Phi) is 5.01. The molecule has 1 amide bonds. The molecule has 0 heterocycles. The molecule has 2 rings (SSSR count). The van der Waals surface area contributed by atoms with Gasteiger partial charge >= 0.3 is 0 Å². The first-order valence-corrected chi connectivity index (χ1v) is 7.34. The summed E-state index contributed by atoms with van der Waals surface area (Å²) in [5.74, 6) is 5.87. The van der Waals surface area contributed by atoms with E-state index in [2.05, 4.69) is 0 Å². The molecule has 2 N–H and O–H groups in total. The lowest BCUT2D eigenvalue weighted by atomic mass is 9.86. The van der Waals surface area contributed by atoms with Gasteiger partial charge < -0.3 is 9.74 Å². The minimum absolute atomic E-state index is 0.194. The summed E-state index contributed by atoms with van der Waals surface area (Å²) in [6.07, 6.45) is 10.1. The smallest absolute Gasteiger partial charge is 0.225 e. The van der Waals surface area contributed by atoms with E-state index in [0.29, 0.717) is 11.9 Å². The Bertz CT molecular complexity index is 269. The largest absolute Gasteiger partial charge is 0.343 e. The predicted molar refractivity (Wildman–Crippen MR) is 70.7 cm³/mol. The van der Waals surface area contributed by atoms with Crippen molar-refractivity contribution in [1.29, 1.82) is 0 Å². The summed E-state index contributed by atoms with van der Waals surface area (Å²) in [5, 5.41) is 0. The van der Waals surface area contributed by atoms with Gasteiger partial charge in [-0.1, -0.05) is 19.3 Å². The minimum Gasteiger partial charge on any atom is -0.343 e. The van der Waals surface area contributed by atoms with Gasteiger partial charge in [0.2, 0.25) is 5.91 Å². The summed E-state index contributed by atoms with van der Waals surface area (Å²) in [6.45, 7) is 0. The Morgan fingerprint density at radius 2 is 1.67 bits per heavy atom. The molecule has 0 aromatic rings. The van der Waals surface area contributed by atoms with Crippen LogP contribution < -0.4 is 5.90 Å². The molecule has 0 aromatic carbocycles. The van der Waals surface area contributed by atoms with Crippen LogP contribution in [-0.4, -0.2) is 30.0 Å². The maximum atomic E-state index is 12.4. The van der Waals surface area contributed by atoms with E-state index in [-0.39, 0.29) is 12.0 Å². The Morgan fingerprint density at radius 1 is 1.06 bits per heavy atom. The standard InChI is InChI=1S/C14H26N2O2/c1-16(12-7-9-13(18-15)10-8-12)14(17)11-5-3-2-4-6-11/h11-13H,2-10,15H2,1H3. The zero-order chi connectivity index (χ0) is 13.0. The second-order valence-corrected chi connectivity index (χ2v) is 5.85. The second-order valence-electron chi connectivity index (χ2n) is 5.85. The highest BCUT2D eigenvalue weighted by molar-refractivity contribution is 5.79. The fourth-order valence-electron chi connectivity index (χ4n) is 3.39. The van der Waals surface area contributed by atoms with E-state index < -0.39 is 0 Å². The van der Waals surface area contributed by atoms with Gasteiger partial charge in [-0.05, 0) is 38.5 Å². The molecule has 0 aromatic heterocycles. The number of nitrogens with two attached hydrogens (primary N) is 1. The average molecular weight is 254 g/mol. The average Bonchev–Trinajstić information content (AvgIpc) is 2.47. The number of nitrogens with zero attached hydrogens (tertiary/aromatic N) is 1. The first-order valence-electron chi connectivity index (χ1n) is 7.34. The summed E-state index contributed by atoms with van der Waals surface area (Å²) in [7, 11) is 1.98. The normalized spacial score (nSPS) is 30.1. The molecule has 0 saturated heterocycles. The van der Waals surface area contributed by atoms with Crippen LogP contribution in [0.15, 0.2) is 0 Å². The van der Waals surface area contributed by atoms with E-state index >= 15 is 0 Å². The monoisotopic (exact) mass is 254 g/mol. The lowest BCUT2D eigenvalue weighted by Gasteiger charge is -2.36. The fraction of sp³-hybridized carbons (Fsp3) is 0.929. The molecule has 2 aliphatic carbocycles. The van der Waals surface area contributed by atoms with Crippen LogP contribution in [0.3, 0.4) is 0 Å². The maximum absolute atomic E-state index is 12.4. The van der Waals surface area contributed by atoms with Crippen LogP contribution in [0.4, 0.5) is 0 Å². The van der Waals surface area contributed by atoms with Crippen molar-refractivity contribution in [3.05, 3.63) is 0 Å². The zero-order valence-corrected chi connectivity index (χ0v) is 11.4. The van der Waals surface area contributed by atoms with E-state index in [1.807, 2.05) is 11.9 Å². The second kappa shape index (κ2) is 6.53. The number of hydrogen-bond acceptors (Lipinski definition) is 3. The molecule has 4 nitrogen and oxygen atoms in total. The Labute approximate surface area is 110 Å². The summed E-state index contributed by atoms with van der Waals surface area (Å²) >= 11 is 0. The van der Waals surface area contributed by atoms with Gasteiger partial charge in [0, 0.05) is 19.0 Å². The van der Waals surface area contributed by atoms with E-state index in [9.17, 15) is 4.79 Å². The lowest BCUT2D eigenvalue weighted by molar-refractivity contribution is -0.138. The van der Waals surface area contributed by atoms with Crippen LogP contribution in [0.25, 0.3) is 0 Å². The topological polar surface area (TPSA) is 55.6 Å². The molecule has 104 valence electrons. The molecule has 0 aliphatic heterocycles.